The predicted octanol–water partition coefficient (Wildman–Crippen LogP) is -1.47. The number of nitrogens with one attached hydrogen (secondary N) is 2. The number of rotatable bonds is 13. The molecule has 1 aliphatic rings. The van der Waals surface area contributed by atoms with Crippen molar-refractivity contribution in [2.45, 2.75) is 76.5 Å². The number of carbonyl (C=O) groups is 4. The fourth-order valence-corrected chi connectivity index (χ4v) is 3.52. The van der Waals surface area contributed by atoms with Crippen LogP contribution in [0.3, 0.4) is 0 Å². The average Bonchev–Trinajstić information content (AvgIpc) is 3.24. The highest BCUT2D eigenvalue weighted by molar-refractivity contribution is 5.94. The molecule has 1 fully saturated rings. The number of nitrogens with zero attached hydrogens (tertiary/aromatic N) is 1. The standard InChI is InChI=1S/C20H37N5O6/c1-3-12(2)16(24-17(27)13(22)7-4-5-9-21)19(29)25-10-6-8-15(25)18(28)23-14(11-26)20(30)31/h12-16,26H,3-11,21-22H2,1-2H3,(H,23,28)(H,24,27)(H,30,31). The van der Waals surface area contributed by atoms with Gasteiger partial charge in [0.05, 0.1) is 12.6 Å². The van der Waals surface area contributed by atoms with Crippen LogP contribution >= 0.6 is 0 Å². The highest BCUT2D eigenvalue weighted by atomic mass is 16.4. The predicted molar refractivity (Wildman–Crippen MR) is 114 cm³/mol. The molecule has 178 valence electrons. The van der Waals surface area contributed by atoms with Gasteiger partial charge in [-0.3, -0.25) is 14.4 Å². The average molecular weight is 444 g/mol. The van der Waals surface area contributed by atoms with Crippen molar-refractivity contribution in [1.82, 2.24) is 15.5 Å². The highest BCUT2D eigenvalue weighted by Gasteiger charge is 2.40. The van der Waals surface area contributed by atoms with Crippen molar-refractivity contribution >= 4 is 23.7 Å². The number of aliphatic hydroxyl groups excluding tert-OH is 1. The molecule has 1 aliphatic heterocycles. The van der Waals surface area contributed by atoms with Crippen molar-refractivity contribution in [2.24, 2.45) is 17.4 Å². The molecular weight excluding hydrogens is 406 g/mol. The second-order valence-corrected chi connectivity index (χ2v) is 8.03. The van der Waals surface area contributed by atoms with Crippen molar-refractivity contribution in [1.29, 1.82) is 0 Å². The third-order valence-electron chi connectivity index (χ3n) is 5.72. The minimum atomic E-state index is -1.44. The second kappa shape index (κ2) is 13.2. The highest BCUT2D eigenvalue weighted by Crippen LogP contribution is 2.21. The Kier molecular flexibility index (Phi) is 11.4. The van der Waals surface area contributed by atoms with Crippen LogP contribution in [0.15, 0.2) is 0 Å². The second-order valence-electron chi connectivity index (χ2n) is 8.03. The molecule has 0 aromatic carbocycles. The third kappa shape index (κ3) is 7.75. The molecular formula is C20H37N5O6. The van der Waals surface area contributed by atoms with Crippen LogP contribution in [0.2, 0.25) is 0 Å². The van der Waals surface area contributed by atoms with Gasteiger partial charge in [-0.25, -0.2) is 4.79 Å². The fraction of sp³-hybridized carbons (Fsp3) is 0.800. The fourth-order valence-electron chi connectivity index (χ4n) is 3.52. The summed E-state index contributed by atoms with van der Waals surface area (Å²) in [5.41, 5.74) is 11.4. The number of carboxylic acid groups (broad SMARTS) is 1. The number of unbranched alkanes of at least 4 members (excludes halogenated alkanes) is 1. The van der Waals surface area contributed by atoms with Gasteiger partial charge in [0, 0.05) is 6.54 Å². The molecule has 8 N–H and O–H groups in total. The Morgan fingerprint density at radius 2 is 1.87 bits per heavy atom. The number of likely N-dealkylation sites (tertiary alicyclic amines) is 1. The van der Waals surface area contributed by atoms with E-state index in [-0.39, 0.29) is 5.92 Å². The minimum Gasteiger partial charge on any atom is -0.480 e. The number of hydrogen-bond acceptors (Lipinski definition) is 7. The lowest BCUT2D eigenvalue weighted by Crippen LogP contribution is -2.58. The maximum Gasteiger partial charge on any atom is 0.328 e. The molecule has 1 rings (SSSR count). The largest absolute Gasteiger partial charge is 0.480 e. The van der Waals surface area contributed by atoms with E-state index in [0.29, 0.717) is 45.2 Å². The summed E-state index contributed by atoms with van der Waals surface area (Å²) >= 11 is 0. The maximum atomic E-state index is 13.3. The van der Waals surface area contributed by atoms with Gasteiger partial charge in [-0.1, -0.05) is 26.7 Å². The zero-order chi connectivity index (χ0) is 23.6. The molecule has 11 nitrogen and oxygen atoms in total. The van der Waals surface area contributed by atoms with Crippen molar-refractivity contribution in [3.8, 4) is 0 Å². The summed E-state index contributed by atoms with van der Waals surface area (Å²) in [6, 6.07) is -3.91. The molecule has 0 spiro atoms. The summed E-state index contributed by atoms with van der Waals surface area (Å²) in [5.74, 6) is -3.02. The van der Waals surface area contributed by atoms with Gasteiger partial charge in [-0.15, -0.1) is 0 Å². The van der Waals surface area contributed by atoms with Gasteiger partial charge in [-0.2, -0.15) is 0 Å². The molecule has 5 atom stereocenters. The summed E-state index contributed by atoms with van der Waals surface area (Å²) < 4.78 is 0. The molecule has 1 heterocycles. The van der Waals surface area contributed by atoms with E-state index in [2.05, 4.69) is 10.6 Å². The van der Waals surface area contributed by atoms with Crippen LogP contribution in [-0.2, 0) is 19.2 Å². The van der Waals surface area contributed by atoms with Gasteiger partial charge >= 0.3 is 5.97 Å². The number of amides is 3. The van der Waals surface area contributed by atoms with Crippen LogP contribution in [0.5, 0.6) is 0 Å². The topological polar surface area (TPSA) is 188 Å². The van der Waals surface area contributed by atoms with E-state index in [1.165, 1.54) is 4.90 Å². The monoisotopic (exact) mass is 443 g/mol. The molecule has 3 amide bonds. The van der Waals surface area contributed by atoms with Crippen LogP contribution in [0.1, 0.15) is 52.4 Å². The maximum absolute atomic E-state index is 13.3. The van der Waals surface area contributed by atoms with E-state index in [0.717, 1.165) is 6.42 Å². The van der Waals surface area contributed by atoms with Gasteiger partial charge in [0.25, 0.3) is 0 Å². The lowest BCUT2D eigenvalue weighted by atomic mass is 9.96. The molecule has 0 saturated carbocycles. The van der Waals surface area contributed by atoms with E-state index in [1.54, 1.807) is 0 Å². The Morgan fingerprint density at radius 1 is 1.19 bits per heavy atom. The molecule has 0 aliphatic carbocycles. The molecule has 0 bridgehead atoms. The molecule has 0 aromatic rings. The Hall–Kier alpha value is -2.24. The van der Waals surface area contributed by atoms with E-state index >= 15 is 0 Å². The zero-order valence-corrected chi connectivity index (χ0v) is 18.4. The minimum absolute atomic E-state index is 0.193. The Labute approximate surface area is 182 Å². The van der Waals surface area contributed by atoms with E-state index in [4.69, 9.17) is 21.7 Å². The van der Waals surface area contributed by atoms with Crippen molar-refractivity contribution in [2.75, 3.05) is 19.7 Å². The van der Waals surface area contributed by atoms with E-state index in [1.807, 2.05) is 13.8 Å². The zero-order valence-electron chi connectivity index (χ0n) is 18.4. The number of hydrogen-bond donors (Lipinski definition) is 6. The lowest BCUT2D eigenvalue weighted by molar-refractivity contribution is -0.146. The number of aliphatic hydroxyl groups is 1. The van der Waals surface area contributed by atoms with Crippen molar-refractivity contribution in [3.05, 3.63) is 0 Å². The third-order valence-corrected chi connectivity index (χ3v) is 5.72. The Bertz CT molecular complexity index is 631. The first-order valence-electron chi connectivity index (χ1n) is 10.9. The first kappa shape index (κ1) is 26.8. The van der Waals surface area contributed by atoms with Crippen LogP contribution in [0.4, 0.5) is 0 Å². The number of aliphatic carboxylic acids is 1. The van der Waals surface area contributed by atoms with Crippen molar-refractivity contribution < 1.29 is 29.4 Å². The van der Waals surface area contributed by atoms with Gasteiger partial charge in [0.15, 0.2) is 0 Å². The first-order valence-corrected chi connectivity index (χ1v) is 10.9. The van der Waals surface area contributed by atoms with Gasteiger partial charge < -0.3 is 37.2 Å². The lowest BCUT2D eigenvalue weighted by Gasteiger charge is -2.32. The smallest absolute Gasteiger partial charge is 0.328 e. The van der Waals surface area contributed by atoms with E-state index < -0.39 is 54.5 Å². The molecule has 0 radical (unpaired) electrons. The summed E-state index contributed by atoms with van der Waals surface area (Å²) in [5, 5.41) is 23.2. The molecule has 11 heteroatoms. The van der Waals surface area contributed by atoms with Gasteiger partial charge in [0.1, 0.15) is 18.1 Å². The summed E-state index contributed by atoms with van der Waals surface area (Å²) in [4.78, 5) is 50.9. The molecule has 0 aromatic heterocycles. The van der Waals surface area contributed by atoms with Crippen LogP contribution in [0.25, 0.3) is 0 Å². The van der Waals surface area contributed by atoms with Crippen LogP contribution < -0.4 is 22.1 Å². The van der Waals surface area contributed by atoms with Crippen LogP contribution in [-0.4, -0.2) is 82.7 Å². The summed E-state index contributed by atoms with van der Waals surface area (Å²) in [7, 11) is 0. The molecule has 1 saturated heterocycles. The number of carboxylic acids is 1. The summed E-state index contributed by atoms with van der Waals surface area (Å²) in [6.45, 7) is 3.81. The summed E-state index contributed by atoms with van der Waals surface area (Å²) in [6.07, 6.45) is 3.48. The normalized spacial score (nSPS) is 19.9. The first-order chi connectivity index (χ1) is 14.7. The molecule has 5 unspecified atom stereocenters. The van der Waals surface area contributed by atoms with Crippen LogP contribution in [0, 0.1) is 5.92 Å². The Morgan fingerprint density at radius 3 is 2.42 bits per heavy atom. The Balaban J connectivity index is 2.89. The van der Waals surface area contributed by atoms with Crippen molar-refractivity contribution in [3.63, 3.8) is 0 Å². The molecule has 31 heavy (non-hydrogen) atoms. The number of carbonyl (C=O) groups excluding carboxylic acids is 3. The van der Waals surface area contributed by atoms with Gasteiger partial charge in [0.2, 0.25) is 17.7 Å². The van der Waals surface area contributed by atoms with Gasteiger partial charge in [-0.05, 0) is 38.1 Å². The van der Waals surface area contributed by atoms with E-state index in [9.17, 15) is 19.2 Å². The SMILES string of the molecule is CCC(C)C(NC(=O)C(N)CCCCN)C(=O)N1CCCC1C(=O)NC(CO)C(=O)O. The number of nitrogens with two attached hydrogens (primary N) is 2. The quantitative estimate of drug-likeness (QED) is 0.186.